The molecule has 0 unspecified atom stereocenters. The van der Waals surface area contributed by atoms with Gasteiger partial charge < -0.3 is 5.11 Å². The highest BCUT2D eigenvalue weighted by Gasteiger charge is 2.15. The molecule has 0 atom stereocenters. The quantitative estimate of drug-likeness (QED) is 0.855. The molecule has 0 aliphatic carbocycles. The van der Waals surface area contributed by atoms with Gasteiger partial charge in [0.05, 0.1) is 29.3 Å². The zero-order valence-corrected chi connectivity index (χ0v) is 10.2. The number of H-pyrrole nitrogens is 1. The van der Waals surface area contributed by atoms with Crippen LogP contribution < -0.4 is 5.56 Å². The lowest BCUT2D eigenvalue weighted by Gasteiger charge is -2.01. The number of benzene rings is 1. The normalized spacial score (nSPS) is 10.1. The predicted octanol–water partition coefficient (Wildman–Crippen LogP) is 0.973. The van der Waals surface area contributed by atoms with Crippen LogP contribution in [-0.2, 0) is 11.2 Å². The summed E-state index contributed by atoms with van der Waals surface area (Å²) in [5.41, 5.74) is 1.25. The number of nitrogens with zero attached hydrogens (tertiary/aromatic N) is 2. The van der Waals surface area contributed by atoms with Crippen molar-refractivity contribution in [1.29, 1.82) is 5.26 Å². The second kappa shape index (κ2) is 4.82. The van der Waals surface area contributed by atoms with Crippen LogP contribution in [0.25, 0.3) is 5.69 Å². The van der Waals surface area contributed by atoms with Gasteiger partial charge in [-0.3, -0.25) is 14.7 Å². The minimum atomic E-state index is -1.06. The summed E-state index contributed by atoms with van der Waals surface area (Å²) in [6, 6.07) is 8.50. The third-order valence-corrected chi connectivity index (χ3v) is 2.75. The van der Waals surface area contributed by atoms with Crippen molar-refractivity contribution >= 4 is 5.97 Å². The molecular formula is C13H11N3O3. The molecule has 2 N–H and O–H groups in total. The first kappa shape index (κ1) is 12.6. The fraction of sp³-hybridized carbons (Fsp3) is 0.154. The second-order valence-corrected chi connectivity index (χ2v) is 4.09. The Kier molecular flexibility index (Phi) is 3.21. The van der Waals surface area contributed by atoms with Gasteiger partial charge in [-0.2, -0.15) is 5.26 Å². The van der Waals surface area contributed by atoms with Gasteiger partial charge in [-0.25, -0.2) is 4.68 Å². The second-order valence-electron chi connectivity index (χ2n) is 4.09. The Balaban J connectivity index is 2.55. The third-order valence-electron chi connectivity index (χ3n) is 2.75. The fourth-order valence-electron chi connectivity index (χ4n) is 1.84. The van der Waals surface area contributed by atoms with E-state index in [1.54, 1.807) is 31.2 Å². The Morgan fingerprint density at radius 2 is 2.26 bits per heavy atom. The van der Waals surface area contributed by atoms with Crippen LogP contribution in [0.1, 0.15) is 16.8 Å². The Morgan fingerprint density at radius 1 is 1.53 bits per heavy atom. The molecule has 1 heterocycles. The van der Waals surface area contributed by atoms with E-state index in [-0.39, 0.29) is 12.0 Å². The van der Waals surface area contributed by atoms with E-state index < -0.39 is 11.5 Å². The summed E-state index contributed by atoms with van der Waals surface area (Å²) < 4.78 is 1.24. The average molecular weight is 257 g/mol. The van der Waals surface area contributed by atoms with Crippen molar-refractivity contribution in [1.82, 2.24) is 9.78 Å². The van der Waals surface area contributed by atoms with Crippen molar-refractivity contribution in [2.45, 2.75) is 13.3 Å². The van der Waals surface area contributed by atoms with Crippen LogP contribution in [0.4, 0.5) is 0 Å². The molecule has 0 amide bonds. The van der Waals surface area contributed by atoms with E-state index in [0.717, 1.165) is 0 Å². The van der Waals surface area contributed by atoms with E-state index in [2.05, 4.69) is 5.10 Å². The molecule has 2 aromatic rings. The number of hydrogen-bond acceptors (Lipinski definition) is 3. The molecule has 1 aromatic carbocycles. The topological polar surface area (TPSA) is 98.9 Å². The first-order valence-electron chi connectivity index (χ1n) is 5.55. The SMILES string of the molecule is Cc1[nH]n(-c2cccc(C#N)c2)c(=O)c1CC(=O)O. The first-order chi connectivity index (χ1) is 9.02. The minimum absolute atomic E-state index is 0.217. The van der Waals surface area contributed by atoms with Crippen molar-refractivity contribution in [2.24, 2.45) is 0 Å². The number of nitriles is 1. The van der Waals surface area contributed by atoms with E-state index in [1.807, 2.05) is 6.07 Å². The van der Waals surface area contributed by atoms with E-state index in [9.17, 15) is 9.59 Å². The van der Waals surface area contributed by atoms with Gasteiger partial charge in [0.1, 0.15) is 0 Å². The van der Waals surface area contributed by atoms with Crippen molar-refractivity contribution in [2.75, 3.05) is 0 Å². The maximum absolute atomic E-state index is 12.1. The smallest absolute Gasteiger partial charge is 0.308 e. The van der Waals surface area contributed by atoms with Crippen LogP contribution in [0.3, 0.4) is 0 Å². The maximum atomic E-state index is 12.1. The van der Waals surface area contributed by atoms with Crippen molar-refractivity contribution in [3.63, 3.8) is 0 Å². The minimum Gasteiger partial charge on any atom is -0.481 e. The molecule has 6 heteroatoms. The van der Waals surface area contributed by atoms with Gasteiger partial charge in [0.2, 0.25) is 0 Å². The zero-order valence-electron chi connectivity index (χ0n) is 10.2. The Labute approximate surface area is 108 Å². The summed E-state index contributed by atoms with van der Waals surface area (Å²) in [6.07, 6.45) is -0.327. The van der Waals surface area contributed by atoms with Crippen molar-refractivity contribution < 1.29 is 9.90 Å². The number of rotatable bonds is 3. The number of carbonyl (C=O) groups is 1. The number of carboxylic acids is 1. The number of aliphatic carboxylic acids is 1. The predicted molar refractivity (Wildman–Crippen MR) is 67.2 cm³/mol. The summed E-state index contributed by atoms with van der Waals surface area (Å²) in [5, 5.41) is 20.4. The summed E-state index contributed by atoms with van der Waals surface area (Å²) in [7, 11) is 0. The first-order valence-corrected chi connectivity index (χ1v) is 5.55. The van der Waals surface area contributed by atoms with Gasteiger partial charge in [0, 0.05) is 5.69 Å². The molecule has 0 saturated heterocycles. The number of nitrogens with one attached hydrogen (secondary N) is 1. The van der Waals surface area contributed by atoms with Gasteiger partial charge in [0.25, 0.3) is 5.56 Å². The van der Waals surface area contributed by atoms with Crippen LogP contribution in [0, 0.1) is 18.3 Å². The molecule has 0 spiro atoms. The Hall–Kier alpha value is -2.81. The monoisotopic (exact) mass is 257 g/mol. The lowest BCUT2D eigenvalue weighted by atomic mass is 10.2. The Bertz CT molecular complexity index is 734. The summed E-state index contributed by atoms with van der Waals surface area (Å²) in [4.78, 5) is 22.8. The fourth-order valence-corrected chi connectivity index (χ4v) is 1.84. The lowest BCUT2D eigenvalue weighted by molar-refractivity contribution is -0.136. The molecule has 0 radical (unpaired) electrons. The van der Waals surface area contributed by atoms with Crippen LogP contribution in [-0.4, -0.2) is 20.9 Å². The maximum Gasteiger partial charge on any atom is 0.308 e. The van der Waals surface area contributed by atoms with Crippen molar-refractivity contribution in [3.05, 3.63) is 51.4 Å². The average Bonchev–Trinajstić information content (AvgIpc) is 2.66. The number of hydrogen-bond donors (Lipinski definition) is 2. The van der Waals surface area contributed by atoms with Gasteiger partial charge in [-0.15, -0.1) is 0 Å². The molecule has 0 saturated carbocycles. The van der Waals surface area contributed by atoms with Gasteiger partial charge in [-0.1, -0.05) is 6.07 Å². The van der Waals surface area contributed by atoms with E-state index in [4.69, 9.17) is 10.4 Å². The van der Waals surface area contributed by atoms with Gasteiger partial charge >= 0.3 is 5.97 Å². The largest absolute Gasteiger partial charge is 0.481 e. The number of carboxylic acid groups (broad SMARTS) is 1. The van der Waals surface area contributed by atoms with Gasteiger partial charge in [-0.05, 0) is 25.1 Å². The lowest BCUT2D eigenvalue weighted by Crippen LogP contribution is -2.19. The van der Waals surface area contributed by atoms with Crippen LogP contribution in [0.5, 0.6) is 0 Å². The number of aryl methyl sites for hydroxylation is 1. The molecule has 0 aliphatic rings. The molecule has 2 rings (SSSR count). The summed E-state index contributed by atoms with van der Waals surface area (Å²) in [6.45, 7) is 1.64. The molecule has 6 nitrogen and oxygen atoms in total. The molecular weight excluding hydrogens is 246 g/mol. The van der Waals surface area contributed by atoms with Crippen LogP contribution in [0.2, 0.25) is 0 Å². The number of aromatic amines is 1. The molecule has 0 fully saturated rings. The standard InChI is InChI=1S/C13H11N3O3/c1-8-11(6-12(17)18)13(19)16(15-8)10-4-2-3-9(5-10)7-14/h2-5,15H,6H2,1H3,(H,17,18). The molecule has 0 bridgehead atoms. The Morgan fingerprint density at radius 3 is 2.89 bits per heavy atom. The molecule has 96 valence electrons. The summed E-state index contributed by atoms with van der Waals surface area (Å²) in [5.74, 6) is -1.06. The zero-order chi connectivity index (χ0) is 14.0. The van der Waals surface area contributed by atoms with Crippen molar-refractivity contribution in [3.8, 4) is 11.8 Å². The summed E-state index contributed by atoms with van der Waals surface area (Å²) >= 11 is 0. The van der Waals surface area contributed by atoms with Crippen LogP contribution >= 0.6 is 0 Å². The van der Waals surface area contributed by atoms with E-state index in [0.29, 0.717) is 16.9 Å². The highest BCUT2D eigenvalue weighted by atomic mass is 16.4. The van der Waals surface area contributed by atoms with E-state index >= 15 is 0 Å². The molecule has 0 aliphatic heterocycles. The highest BCUT2D eigenvalue weighted by Crippen LogP contribution is 2.10. The van der Waals surface area contributed by atoms with Gasteiger partial charge in [0.15, 0.2) is 0 Å². The molecule has 19 heavy (non-hydrogen) atoms. The molecule has 1 aromatic heterocycles. The third kappa shape index (κ3) is 2.40. The van der Waals surface area contributed by atoms with Crippen LogP contribution in [0.15, 0.2) is 29.1 Å². The van der Waals surface area contributed by atoms with E-state index in [1.165, 1.54) is 4.68 Å². The number of aromatic nitrogens is 2. The highest BCUT2D eigenvalue weighted by molar-refractivity contribution is 5.70.